The van der Waals surface area contributed by atoms with Crippen molar-refractivity contribution in [2.24, 2.45) is 0 Å². The number of halogens is 1. The van der Waals surface area contributed by atoms with Gasteiger partial charge in [-0.1, -0.05) is 6.07 Å². The SMILES string of the molecule is Cc1ccc(F)c(N)c1C=N. The highest BCUT2D eigenvalue weighted by atomic mass is 19.1. The molecule has 0 radical (unpaired) electrons. The zero-order valence-electron chi connectivity index (χ0n) is 6.19. The normalized spacial score (nSPS) is 9.64. The molecule has 0 aromatic heterocycles. The molecule has 1 aromatic carbocycles. The number of nitrogens with one attached hydrogen (secondary N) is 1. The Hall–Kier alpha value is -1.38. The van der Waals surface area contributed by atoms with E-state index in [1.807, 2.05) is 0 Å². The minimum absolute atomic E-state index is 0.0556. The van der Waals surface area contributed by atoms with Crippen LogP contribution in [0.1, 0.15) is 11.1 Å². The second-order valence-corrected chi connectivity index (χ2v) is 2.34. The second-order valence-electron chi connectivity index (χ2n) is 2.34. The van der Waals surface area contributed by atoms with Crippen LogP contribution in [0.2, 0.25) is 0 Å². The van der Waals surface area contributed by atoms with Gasteiger partial charge in [0.1, 0.15) is 5.82 Å². The predicted octanol–water partition coefficient (Wildman–Crippen LogP) is 1.71. The standard InChI is InChI=1S/C8H9FN2/c1-5-2-3-7(9)8(11)6(5)4-10/h2-4,10H,11H2,1H3. The first-order valence-electron chi connectivity index (χ1n) is 3.22. The Morgan fingerprint density at radius 1 is 1.55 bits per heavy atom. The molecule has 3 N–H and O–H groups in total. The van der Waals surface area contributed by atoms with E-state index < -0.39 is 5.82 Å². The number of anilines is 1. The van der Waals surface area contributed by atoms with Crippen LogP contribution in [0.3, 0.4) is 0 Å². The molecule has 0 atom stereocenters. The van der Waals surface area contributed by atoms with E-state index in [4.69, 9.17) is 11.1 Å². The summed E-state index contributed by atoms with van der Waals surface area (Å²) in [5.41, 5.74) is 6.70. The molecule has 0 saturated carbocycles. The highest BCUT2D eigenvalue weighted by molar-refractivity contribution is 5.86. The minimum atomic E-state index is -0.464. The fraction of sp³-hybridized carbons (Fsp3) is 0.125. The molecule has 0 unspecified atom stereocenters. The van der Waals surface area contributed by atoms with E-state index in [9.17, 15) is 4.39 Å². The summed E-state index contributed by atoms with van der Waals surface area (Å²) >= 11 is 0. The van der Waals surface area contributed by atoms with Crippen molar-refractivity contribution in [2.45, 2.75) is 6.92 Å². The van der Waals surface area contributed by atoms with Crippen molar-refractivity contribution in [2.75, 3.05) is 5.73 Å². The van der Waals surface area contributed by atoms with Gasteiger partial charge in [0.2, 0.25) is 0 Å². The smallest absolute Gasteiger partial charge is 0.146 e. The molecule has 3 heteroatoms. The zero-order valence-corrected chi connectivity index (χ0v) is 6.19. The first-order valence-corrected chi connectivity index (χ1v) is 3.22. The van der Waals surface area contributed by atoms with Gasteiger partial charge >= 0.3 is 0 Å². The molecule has 0 saturated heterocycles. The molecule has 58 valence electrons. The van der Waals surface area contributed by atoms with Crippen molar-refractivity contribution in [3.05, 3.63) is 29.1 Å². The molecule has 0 aliphatic rings. The van der Waals surface area contributed by atoms with Crippen molar-refractivity contribution in [3.63, 3.8) is 0 Å². The van der Waals surface area contributed by atoms with Crippen molar-refractivity contribution in [1.82, 2.24) is 0 Å². The Kier molecular flexibility index (Phi) is 1.89. The number of nitrogen functional groups attached to an aromatic ring is 1. The molecule has 0 bridgehead atoms. The maximum atomic E-state index is 12.7. The maximum absolute atomic E-state index is 12.7. The third-order valence-electron chi connectivity index (χ3n) is 1.60. The van der Waals surface area contributed by atoms with E-state index >= 15 is 0 Å². The van der Waals surface area contributed by atoms with E-state index in [1.165, 1.54) is 6.07 Å². The Morgan fingerprint density at radius 2 is 2.18 bits per heavy atom. The van der Waals surface area contributed by atoms with E-state index in [1.54, 1.807) is 13.0 Å². The number of benzene rings is 1. The zero-order chi connectivity index (χ0) is 8.43. The Labute approximate surface area is 64.4 Å². The van der Waals surface area contributed by atoms with Gasteiger partial charge in [-0.05, 0) is 18.6 Å². The summed E-state index contributed by atoms with van der Waals surface area (Å²) in [6.45, 7) is 1.79. The maximum Gasteiger partial charge on any atom is 0.146 e. The van der Waals surface area contributed by atoms with Gasteiger partial charge in [0.05, 0.1) is 5.69 Å². The monoisotopic (exact) mass is 152 g/mol. The molecule has 11 heavy (non-hydrogen) atoms. The van der Waals surface area contributed by atoms with Crippen LogP contribution in [0.15, 0.2) is 12.1 Å². The van der Waals surface area contributed by atoms with Crippen molar-refractivity contribution in [1.29, 1.82) is 5.41 Å². The Morgan fingerprint density at radius 3 is 2.64 bits per heavy atom. The summed E-state index contributed by atoms with van der Waals surface area (Å²) in [6.07, 6.45) is 1.06. The fourth-order valence-corrected chi connectivity index (χ4v) is 0.910. The van der Waals surface area contributed by atoms with Crippen LogP contribution in [0, 0.1) is 18.2 Å². The third-order valence-corrected chi connectivity index (χ3v) is 1.60. The van der Waals surface area contributed by atoms with Crippen LogP contribution in [-0.2, 0) is 0 Å². The average Bonchev–Trinajstić information content (AvgIpc) is 1.99. The van der Waals surface area contributed by atoms with Crippen molar-refractivity contribution >= 4 is 11.9 Å². The topological polar surface area (TPSA) is 49.9 Å². The summed E-state index contributed by atoms with van der Waals surface area (Å²) in [6, 6.07) is 2.91. The molecule has 0 aliphatic carbocycles. The van der Waals surface area contributed by atoms with Gasteiger partial charge in [-0.25, -0.2) is 4.39 Å². The second kappa shape index (κ2) is 2.70. The highest BCUT2D eigenvalue weighted by Crippen LogP contribution is 2.17. The quantitative estimate of drug-likeness (QED) is 0.467. The predicted molar refractivity (Wildman–Crippen MR) is 43.4 cm³/mol. The molecule has 0 fully saturated rings. The van der Waals surface area contributed by atoms with Gasteiger partial charge < -0.3 is 11.1 Å². The number of aryl methyl sites for hydroxylation is 1. The van der Waals surface area contributed by atoms with Crippen molar-refractivity contribution < 1.29 is 4.39 Å². The number of hydrogen-bond donors (Lipinski definition) is 2. The van der Waals surface area contributed by atoms with Crippen LogP contribution in [-0.4, -0.2) is 6.21 Å². The lowest BCUT2D eigenvalue weighted by Gasteiger charge is -2.03. The summed E-state index contributed by atoms with van der Waals surface area (Å²) in [5, 5.41) is 6.95. The Bertz CT molecular complexity index is 294. The van der Waals surface area contributed by atoms with Gasteiger partial charge in [-0.2, -0.15) is 0 Å². The van der Waals surface area contributed by atoms with E-state index in [0.29, 0.717) is 5.56 Å². The molecule has 2 nitrogen and oxygen atoms in total. The molecule has 1 aromatic rings. The van der Waals surface area contributed by atoms with Crippen LogP contribution >= 0.6 is 0 Å². The lowest BCUT2D eigenvalue weighted by atomic mass is 10.1. The third kappa shape index (κ3) is 1.22. The summed E-state index contributed by atoms with van der Waals surface area (Å²) < 4.78 is 12.7. The van der Waals surface area contributed by atoms with Crippen molar-refractivity contribution in [3.8, 4) is 0 Å². The first-order chi connectivity index (χ1) is 5.16. The first kappa shape index (κ1) is 7.72. The summed E-state index contributed by atoms with van der Waals surface area (Å²) in [7, 11) is 0. The molecule has 0 spiro atoms. The molecular weight excluding hydrogens is 143 g/mol. The lowest BCUT2D eigenvalue weighted by molar-refractivity contribution is 0.632. The van der Waals surface area contributed by atoms with E-state index in [-0.39, 0.29) is 5.69 Å². The van der Waals surface area contributed by atoms with Crippen LogP contribution < -0.4 is 5.73 Å². The molecular formula is C8H9FN2. The molecule has 0 aliphatic heterocycles. The van der Waals surface area contributed by atoms with E-state index in [0.717, 1.165) is 11.8 Å². The summed E-state index contributed by atoms with van der Waals surface area (Å²) in [4.78, 5) is 0. The fourth-order valence-electron chi connectivity index (χ4n) is 0.910. The number of hydrogen-bond acceptors (Lipinski definition) is 2. The van der Waals surface area contributed by atoms with Gasteiger partial charge in [0.25, 0.3) is 0 Å². The number of rotatable bonds is 1. The minimum Gasteiger partial charge on any atom is -0.396 e. The van der Waals surface area contributed by atoms with Gasteiger partial charge in [0, 0.05) is 11.8 Å². The largest absolute Gasteiger partial charge is 0.396 e. The van der Waals surface area contributed by atoms with Crippen LogP contribution in [0.25, 0.3) is 0 Å². The molecule has 0 amide bonds. The van der Waals surface area contributed by atoms with E-state index in [2.05, 4.69) is 0 Å². The molecule has 1 rings (SSSR count). The Balaban J connectivity index is 3.40. The van der Waals surface area contributed by atoms with Gasteiger partial charge in [-0.3, -0.25) is 0 Å². The average molecular weight is 152 g/mol. The van der Waals surface area contributed by atoms with Crippen LogP contribution in [0.4, 0.5) is 10.1 Å². The molecule has 0 heterocycles. The van der Waals surface area contributed by atoms with Gasteiger partial charge in [0.15, 0.2) is 0 Å². The lowest BCUT2D eigenvalue weighted by Crippen LogP contribution is -1.98. The highest BCUT2D eigenvalue weighted by Gasteiger charge is 2.04. The van der Waals surface area contributed by atoms with Crippen LogP contribution in [0.5, 0.6) is 0 Å². The van der Waals surface area contributed by atoms with Gasteiger partial charge in [-0.15, -0.1) is 0 Å². The number of nitrogens with two attached hydrogens (primary N) is 1. The summed E-state index contributed by atoms with van der Waals surface area (Å²) in [5.74, 6) is -0.464.